The molecular formula is C17H34N2. The molecule has 0 aliphatic heterocycles. The van der Waals surface area contributed by atoms with Crippen LogP contribution < -0.4 is 5.73 Å². The lowest BCUT2D eigenvalue weighted by Crippen LogP contribution is -2.56. The van der Waals surface area contributed by atoms with Gasteiger partial charge in [-0.3, -0.25) is 4.90 Å². The lowest BCUT2D eigenvalue weighted by atomic mass is 9.80. The van der Waals surface area contributed by atoms with Crippen LogP contribution in [0.1, 0.15) is 77.6 Å². The minimum atomic E-state index is 0.320. The van der Waals surface area contributed by atoms with Crippen LogP contribution in [0.5, 0.6) is 0 Å². The van der Waals surface area contributed by atoms with Crippen LogP contribution in [0.3, 0.4) is 0 Å². The Morgan fingerprint density at radius 2 is 1.58 bits per heavy atom. The Hall–Kier alpha value is -0.0800. The van der Waals surface area contributed by atoms with Gasteiger partial charge in [0.05, 0.1) is 0 Å². The van der Waals surface area contributed by atoms with Crippen molar-refractivity contribution in [2.24, 2.45) is 11.7 Å². The second-order valence-corrected chi connectivity index (χ2v) is 7.04. The third-order valence-electron chi connectivity index (χ3n) is 6.10. The monoisotopic (exact) mass is 266 g/mol. The third-order valence-corrected chi connectivity index (χ3v) is 6.10. The van der Waals surface area contributed by atoms with E-state index in [4.69, 9.17) is 5.73 Å². The molecule has 2 aliphatic carbocycles. The van der Waals surface area contributed by atoms with Crippen molar-refractivity contribution in [3.63, 3.8) is 0 Å². The van der Waals surface area contributed by atoms with Gasteiger partial charge in [-0.2, -0.15) is 0 Å². The summed E-state index contributed by atoms with van der Waals surface area (Å²) in [4.78, 5) is 2.71. The smallest absolute Gasteiger partial charge is 0.0331 e. The summed E-state index contributed by atoms with van der Waals surface area (Å²) in [7, 11) is 2.37. The molecule has 0 bridgehead atoms. The van der Waals surface area contributed by atoms with Gasteiger partial charge in [-0.05, 0) is 51.5 Å². The van der Waals surface area contributed by atoms with Crippen LogP contribution in [0, 0.1) is 5.92 Å². The predicted octanol–water partition coefficient (Wildman–Crippen LogP) is 3.94. The maximum atomic E-state index is 6.23. The van der Waals surface area contributed by atoms with Crippen molar-refractivity contribution in [1.82, 2.24) is 4.90 Å². The maximum Gasteiger partial charge on any atom is 0.0331 e. The lowest BCUT2D eigenvalue weighted by molar-refractivity contribution is 0.0372. The van der Waals surface area contributed by atoms with Crippen molar-refractivity contribution < 1.29 is 0 Å². The fourth-order valence-corrected chi connectivity index (χ4v) is 4.42. The van der Waals surface area contributed by atoms with Crippen molar-refractivity contribution in [1.29, 1.82) is 0 Å². The molecule has 2 aliphatic rings. The van der Waals surface area contributed by atoms with Gasteiger partial charge in [0, 0.05) is 18.1 Å². The number of hydrogen-bond acceptors (Lipinski definition) is 2. The zero-order chi connectivity index (χ0) is 13.7. The fourth-order valence-electron chi connectivity index (χ4n) is 4.42. The van der Waals surface area contributed by atoms with E-state index >= 15 is 0 Å². The molecule has 2 rings (SSSR count). The summed E-state index contributed by atoms with van der Waals surface area (Å²) in [6.07, 6.45) is 15.3. The van der Waals surface area contributed by atoms with Crippen LogP contribution in [0.2, 0.25) is 0 Å². The number of hydrogen-bond donors (Lipinski definition) is 1. The first-order valence-electron chi connectivity index (χ1n) is 8.65. The van der Waals surface area contributed by atoms with Crippen LogP contribution >= 0.6 is 0 Å². The molecule has 2 heteroatoms. The first kappa shape index (κ1) is 15.3. The maximum absolute atomic E-state index is 6.23. The Balaban J connectivity index is 1.97. The van der Waals surface area contributed by atoms with E-state index in [-0.39, 0.29) is 0 Å². The highest BCUT2D eigenvalue weighted by molar-refractivity contribution is 4.95. The van der Waals surface area contributed by atoms with Crippen molar-refractivity contribution in [3.05, 3.63) is 0 Å². The van der Waals surface area contributed by atoms with E-state index in [9.17, 15) is 0 Å². The van der Waals surface area contributed by atoms with Gasteiger partial charge in [0.15, 0.2) is 0 Å². The average molecular weight is 266 g/mol. The molecule has 19 heavy (non-hydrogen) atoms. The van der Waals surface area contributed by atoms with Crippen LogP contribution in [-0.2, 0) is 0 Å². The van der Waals surface area contributed by atoms with Crippen molar-refractivity contribution in [2.75, 3.05) is 13.6 Å². The highest BCUT2D eigenvalue weighted by Crippen LogP contribution is 2.37. The van der Waals surface area contributed by atoms with E-state index in [1.165, 1.54) is 70.6 Å². The Labute approximate surface area is 120 Å². The van der Waals surface area contributed by atoms with Crippen molar-refractivity contribution >= 4 is 0 Å². The summed E-state index contributed by atoms with van der Waals surface area (Å²) >= 11 is 0. The molecule has 0 unspecified atom stereocenters. The molecule has 0 aromatic carbocycles. The van der Waals surface area contributed by atoms with Crippen LogP contribution in [0.15, 0.2) is 0 Å². The molecule has 2 saturated carbocycles. The molecule has 0 aromatic rings. The minimum absolute atomic E-state index is 0.320. The molecule has 0 atom stereocenters. The van der Waals surface area contributed by atoms with E-state index in [1.807, 2.05) is 0 Å². The highest BCUT2D eigenvalue weighted by Gasteiger charge is 2.38. The number of nitrogens with zero attached hydrogens (tertiary/aromatic N) is 1. The average Bonchev–Trinajstić information content (AvgIpc) is 2.73. The summed E-state index contributed by atoms with van der Waals surface area (Å²) in [5, 5.41) is 0. The Morgan fingerprint density at radius 3 is 2.05 bits per heavy atom. The lowest BCUT2D eigenvalue weighted by Gasteiger charge is -2.47. The standard InChI is InChI=1S/C17H34N2/c1-3-15-8-10-16(11-9-15)19(2)17(14-18)12-6-4-5-7-13-17/h15-16H,3-14,18H2,1-2H3. The first-order valence-corrected chi connectivity index (χ1v) is 8.65. The van der Waals surface area contributed by atoms with Crippen LogP contribution in [-0.4, -0.2) is 30.1 Å². The molecule has 0 heterocycles. The molecule has 0 amide bonds. The zero-order valence-electron chi connectivity index (χ0n) is 13.2. The third kappa shape index (κ3) is 3.52. The van der Waals surface area contributed by atoms with E-state index in [0.717, 1.165) is 18.5 Å². The van der Waals surface area contributed by atoms with Crippen molar-refractivity contribution in [3.8, 4) is 0 Å². The molecule has 0 radical (unpaired) electrons. The van der Waals surface area contributed by atoms with Gasteiger partial charge in [0.2, 0.25) is 0 Å². The highest BCUT2D eigenvalue weighted by atomic mass is 15.2. The molecule has 0 aromatic heterocycles. The van der Waals surface area contributed by atoms with Gasteiger partial charge in [0.25, 0.3) is 0 Å². The first-order chi connectivity index (χ1) is 9.22. The van der Waals surface area contributed by atoms with Gasteiger partial charge in [-0.25, -0.2) is 0 Å². The second-order valence-electron chi connectivity index (χ2n) is 7.04. The molecule has 2 N–H and O–H groups in total. The molecule has 112 valence electrons. The summed E-state index contributed by atoms with van der Waals surface area (Å²) in [5.74, 6) is 0.993. The largest absolute Gasteiger partial charge is 0.329 e. The zero-order valence-corrected chi connectivity index (χ0v) is 13.2. The molecular weight excluding hydrogens is 232 g/mol. The van der Waals surface area contributed by atoms with Crippen LogP contribution in [0.25, 0.3) is 0 Å². The van der Waals surface area contributed by atoms with Gasteiger partial charge < -0.3 is 5.73 Å². The normalized spacial score (nSPS) is 32.2. The van der Waals surface area contributed by atoms with E-state index in [0.29, 0.717) is 5.54 Å². The Morgan fingerprint density at radius 1 is 1.00 bits per heavy atom. The Bertz CT molecular complexity index is 248. The number of likely N-dealkylation sites (N-methyl/N-ethyl adjacent to an activating group) is 1. The van der Waals surface area contributed by atoms with Gasteiger partial charge >= 0.3 is 0 Å². The van der Waals surface area contributed by atoms with Crippen molar-refractivity contribution in [2.45, 2.75) is 89.1 Å². The molecule has 2 fully saturated rings. The summed E-state index contributed by atoms with van der Waals surface area (Å²) < 4.78 is 0. The predicted molar refractivity (Wildman–Crippen MR) is 83.3 cm³/mol. The topological polar surface area (TPSA) is 29.3 Å². The summed E-state index contributed by atoms with van der Waals surface area (Å²) in [6, 6.07) is 0.796. The van der Waals surface area contributed by atoms with E-state index in [1.54, 1.807) is 0 Å². The van der Waals surface area contributed by atoms with Gasteiger partial charge in [-0.15, -0.1) is 0 Å². The fraction of sp³-hybridized carbons (Fsp3) is 1.00. The SMILES string of the molecule is CCC1CCC(N(C)C2(CN)CCCCCC2)CC1. The van der Waals surface area contributed by atoms with Gasteiger partial charge in [-0.1, -0.05) is 39.0 Å². The quantitative estimate of drug-likeness (QED) is 0.781. The summed E-state index contributed by atoms with van der Waals surface area (Å²) in [5.41, 5.74) is 6.55. The van der Waals surface area contributed by atoms with Crippen LogP contribution in [0.4, 0.5) is 0 Å². The number of rotatable bonds is 4. The molecule has 2 nitrogen and oxygen atoms in total. The summed E-state index contributed by atoms with van der Waals surface area (Å²) in [6.45, 7) is 3.21. The van der Waals surface area contributed by atoms with E-state index < -0.39 is 0 Å². The Kier molecular flexibility index (Phi) is 5.70. The molecule has 0 spiro atoms. The molecule has 0 saturated heterocycles. The van der Waals surface area contributed by atoms with Gasteiger partial charge in [0.1, 0.15) is 0 Å². The number of nitrogens with two attached hydrogens (primary N) is 1. The second kappa shape index (κ2) is 7.08. The van der Waals surface area contributed by atoms with E-state index in [2.05, 4.69) is 18.9 Å². The minimum Gasteiger partial charge on any atom is -0.329 e.